The summed E-state index contributed by atoms with van der Waals surface area (Å²) in [4.78, 5) is 31.3. The maximum atomic E-state index is 11.9. The molecule has 0 bridgehead atoms. The highest BCUT2D eigenvalue weighted by Gasteiger charge is 2.16. The van der Waals surface area contributed by atoms with Crippen LogP contribution in [0.2, 0.25) is 0 Å². The zero-order valence-corrected chi connectivity index (χ0v) is 13.8. The van der Waals surface area contributed by atoms with Crippen LogP contribution in [0.3, 0.4) is 0 Å². The average Bonchev–Trinajstić information content (AvgIpc) is 2.53. The van der Waals surface area contributed by atoms with Crippen molar-refractivity contribution in [2.75, 3.05) is 18.2 Å². The van der Waals surface area contributed by atoms with Crippen LogP contribution in [-0.2, 0) is 19.4 Å². The van der Waals surface area contributed by atoms with E-state index in [1.807, 2.05) is 0 Å². The van der Waals surface area contributed by atoms with Crippen LogP contribution in [0.15, 0.2) is 41.6 Å². The Kier molecular flexibility index (Phi) is 5.24. The van der Waals surface area contributed by atoms with E-state index in [2.05, 4.69) is 15.3 Å². The van der Waals surface area contributed by atoms with Crippen LogP contribution >= 0.6 is 0 Å². The lowest BCUT2D eigenvalue weighted by Gasteiger charge is -2.09. The summed E-state index contributed by atoms with van der Waals surface area (Å²) in [7, 11) is -3.50. The second kappa shape index (κ2) is 7.18. The molecule has 1 amide bonds. The van der Waals surface area contributed by atoms with Crippen molar-refractivity contribution < 1.29 is 22.7 Å². The van der Waals surface area contributed by atoms with Crippen molar-refractivity contribution in [3.05, 3.63) is 48.0 Å². The van der Waals surface area contributed by atoms with Gasteiger partial charge in [-0.05, 0) is 19.1 Å². The Bertz CT molecular complexity index is 863. The number of sulfone groups is 1. The van der Waals surface area contributed by atoms with Crippen molar-refractivity contribution >= 4 is 27.4 Å². The van der Waals surface area contributed by atoms with Gasteiger partial charge in [0.15, 0.2) is 22.1 Å². The molecule has 0 saturated carbocycles. The quantitative estimate of drug-likeness (QED) is 0.800. The van der Waals surface area contributed by atoms with Crippen LogP contribution in [0, 0.1) is 6.92 Å². The fourth-order valence-corrected chi connectivity index (χ4v) is 2.63. The highest BCUT2D eigenvalue weighted by molar-refractivity contribution is 7.90. The molecule has 0 radical (unpaired) electrons. The Morgan fingerprint density at radius 2 is 1.88 bits per heavy atom. The molecule has 126 valence electrons. The molecule has 1 aromatic carbocycles. The highest BCUT2D eigenvalue weighted by atomic mass is 32.2. The number of aromatic nitrogens is 2. The molecule has 0 aliphatic heterocycles. The molecule has 0 unspecified atom stereocenters. The van der Waals surface area contributed by atoms with Crippen LogP contribution in [0.25, 0.3) is 0 Å². The first-order valence-electron chi connectivity index (χ1n) is 6.82. The molecule has 2 rings (SSSR count). The molecule has 24 heavy (non-hydrogen) atoms. The molecule has 0 fully saturated rings. The maximum Gasteiger partial charge on any atom is 0.359 e. The van der Waals surface area contributed by atoms with Crippen LogP contribution in [-0.4, -0.2) is 43.1 Å². The predicted molar refractivity (Wildman–Crippen MR) is 85.2 cm³/mol. The zero-order valence-electron chi connectivity index (χ0n) is 13.0. The Hall–Kier alpha value is -2.81. The predicted octanol–water partition coefficient (Wildman–Crippen LogP) is 0.984. The molecule has 0 atom stereocenters. The minimum Gasteiger partial charge on any atom is -0.451 e. The number of ether oxygens (including phenoxy) is 1. The number of nitrogens with zero attached hydrogens (tertiary/aromatic N) is 2. The third-order valence-electron chi connectivity index (χ3n) is 2.89. The molecular formula is C15H15N3O5S. The van der Waals surface area contributed by atoms with Crippen molar-refractivity contribution in [1.29, 1.82) is 0 Å². The lowest BCUT2D eigenvalue weighted by molar-refractivity contribution is -0.119. The van der Waals surface area contributed by atoms with Gasteiger partial charge in [-0.1, -0.05) is 12.1 Å². The fraction of sp³-hybridized carbons (Fsp3) is 0.200. The van der Waals surface area contributed by atoms with Gasteiger partial charge in [0.1, 0.15) is 0 Å². The molecule has 2 aromatic rings. The van der Waals surface area contributed by atoms with E-state index >= 15 is 0 Å². The van der Waals surface area contributed by atoms with Gasteiger partial charge in [-0.25, -0.2) is 18.2 Å². The summed E-state index contributed by atoms with van der Waals surface area (Å²) in [6.07, 6.45) is 3.68. The summed E-state index contributed by atoms with van der Waals surface area (Å²) < 4.78 is 28.1. The molecule has 1 N–H and O–H groups in total. The molecule has 0 aliphatic carbocycles. The van der Waals surface area contributed by atoms with Gasteiger partial charge in [0.05, 0.1) is 22.5 Å². The van der Waals surface area contributed by atoms with Gasteiger partial charge in [-0.3, -0.25) is 9.78 Å². The first-order valence-corrected chi connectivity index (χ1v) is 8.71. The van der Waals surface area contributed by atoms with Gasteiger partial charge in [-0.15, -0.1) is 0 Å². The van der Waals surface area contributed by atoms with Crippen molar-refractivity contribution in [2.45, 2.75) is 11.8 Å². The topological polar surface area (TPSA) is 115 Å². The second-order valence-electron chi connectivity index (χ2n) is 4.94. The van der Waals surface area contributed by atoms with Crippen LogP contribution < -0.4 is 5.32 Å². The Morgan fingerprint density at radius 3 is 2.50 bits per heavy atom. The van der Waals surface area contributed by atoms with Gasteiger partial charge in [0.2, 0.25) is 0 Å². The molecule has 0 aliphatic rings. The number of nitrogens with one attached hydrogen (secondary N) is 1. The Labute approximate surface area is 138 Å². The summed E-state index contributed by atoms with van der Waals surface area (Å²) in [6.45, 7) is 1.14. The van der Waals surface area contributed by atoms with Gasteiger partial charge in [0, 0.05) is 12.5 Å². The Morgan fingerprint density at radius 1 is 1.17 bits per heavy atom. The zero-order chi connectivity index (χ0) is 17.7. The van der Waals surface area contributed by atoms with E-state index in [0.29, 0.717) is 5.69 Å². The summed E-state index contributed by atoms with van der Waals surface area (Å²) in [5.74, 6) is -1.46. The SMILES string of the molecule is Cc1cnc(C(=O)OCC(=O)Nc2ccccc2S(C)(=O)=O)cn1. The molecule has 8 nitrogen and oxygen atoms in total. The first kappa shape index (κ1) is 17.5. The first-order chi connectivity index (χ1) is 11.3. The highest BCUT2D eigenvalue weighted by Crippen LogP contribution is 2.20. The van der Waals surface area contributed by atoms with Crippen molar-refractivity contribution in [3.8, 4) is 0 Å². The van der Waals surface area contributed by atoms with E-state index in [9.17, 15) is 18.0 Å². The molecule has 0 saturated heterocycles. The van der Waals surface area contributed by atoms with Gasteiger partial charge in [0.25, 0.3) is 5.91 Å². The average molecular weight is 349 g/mol. The van der Waals surface area contributed by atoms with Crippen molar-refractivity contribution in [1.82, 2.24) is 9.97 Å². The lowest BCUT2D eigenvalue weighted by atomic mass is 10.3. The van der Waals surface area contributed by atoms with Gasteiger partial charge in [-0.2, -0.15) is 0 Å². The van der Waals surface area contributed by atoms with Crippen molar-refractivity contribution in [3.63, 3.8) is 0 Å². The smallest absolute Gasteiger partial charge is 0.359 e. The standard InChI is InChI=1S/C15H15N3O5S/c1-10-7-17-12(8-16-10)15(20)23-9-14(19)18-11-5-3-4-6-13(11)24(2,21)22/h3-8H,9H2,1-2H3,(H,18,19). The molecule has 1 heterocycles. The minimum absolute atomic E-state index is 0.0194. The number of esters is 1. The van der Waals surface area contributed by atoms with E-state index in [4.69, 9.17) is 4.74 Å². The number of hydrogen-bond donors (Lipinski definition) is 1. The van der Waals surface area contributed by atoms with Crippen LogP contribution in [0.5, 0.6) is 0 Å². The number of rotatable bonds is 5. The number of benzene rings is 1. The molecule has 0 spiro atoms. The summed E-state index contributed by atoms with van der Waals surface area (Å²) in [6, 6.07) is 5.95. The van der Waals surface area contributed by atoms with E-state index < -0.39 is 28.3 Å². The van der Waals surface area contributed by atoms with E-state index in [1.54, 1.807) is 19.1 Å². The van der Waals surface area contributed by atoms with E-state index in [1.165, 1.54) is 24.5 Å². The third kappa shape index (κ3) is 4.59. The second-order valence-corrected chi connectivity index (χ2v) is 6.92. The number of anilines is 1. The Balaban J connectivity index is 1.99. The normalized spacial score (nSPS) is 10.9. The number of amides is 1. The molecule has 1 aromatic heterocycles. The van der Waals surface area contributed by atoms with Gasteiger partial charge < -0.3 is 10.1 Å². The minimum atomic E-state index is -3.50. The summed E-state index contributed by atoms with van der Waals surface area (Å²) >= 11 is 0. The fourth-order valence-electron chi connectivity index (χ4n) is 1.78. The maximum absolute atomic E-state index is 11.9. The summed E-state index contributed by atoms with van der Waals surface area (Å²) in [5, 5.41) is 2.40. The van der Waals surface area contributed by atoms with Crippen LogP contribution in [0.4, 0.5) is 5.69 Å². The van der Waals surface area contributed by atoms with Crippen LogP contribution in [0.1, 0.15) is 16.2 Å². The molecular weight excluding hydrogens is 334 g/mol. The van der Waals surface area contributed by atoms with Crippen molar-refractivity contribution in [2.24, 2.45) is 0 Å². The number of carbonyl (C=O) groups is 2. The number of hydrogen-bond acceptors (Lipinski definition) is 7. The number of para-hydroxylation sites is 1. The lowest BCUT2D eigenvalue weighted by Crippen LogP contribution is -2.22. The number of aryl methyl sites for hydroxylation is 1. The van der Waals surface area contributed by atoms with E-state index in [0.717, 1.165) is 6.26 Å². The monoisotopic (exact) mass is 349 g/mol. The van der Waals surface area contributed by atoms with Gasteiger partial charge >= 0.3 is 5.97 Å². The number of carbonyl (C=O) groups excluding carboxylic acids is 2. The largest absolute Gasteiger partial charge is 0.451 e. The summed E-state index contributed by atoms with van der Waals surface area (Å²) in [5.41, 5.74) is 0.739. The van der Waals surface area contributed by atoms with E-state index in [-0.39, 0.29) is 16.3 Å². The third-order valence-corrected chi connectivity index (χ3v) is 4.04. The molecule has 9 heteroatoms.